The molecule has 3 nitrogen and oxygen atoms in total. The third-order valence-corrected chi connectivity index (χ3v) is 0. The third-order valence-electron chi connectivity index (χ3n) is 0. The van der Waals surface area contributed by atoms with E-state index in [0.717, 1.165) is 6.92 Å². The summed E-state index contributed by atoms with van der Waals surface area (Å²) in [5, 5.41) is 7.42. The maximum atomic E-state index is 9.00. The van der Waals surface area contributed by atoms with Gasteiger partial charge in [0.25, 0.3) is 5.97 Å². The first-order valence-corrected chi connectivity index (χ1v) is 0.928. The van der Waals surface area contributed by atoms with Gasteiger partial charge in [0.2, 0.25) is 0 Å². The van der Waals surface area contributed by atoms with Crippen LogP contribution >= 0.6 is 0 Å². The molecule has 0 aliphatic rings. The van der Waals surface area contributed by atoms with E-state index in [9.17, 15) is 0 Å². The van der Waals surface area contributed by atoms with Crippen molar-refractivity contribution in [2.24, 2.45) is 0 Å². The van der Waals surface area contributed by atoms with E-state index in [4.69, 9.17) is 9.90 Å². The number of aliphatic carboxylic acids is 1. The second-order valence-corrected chi connectivity index (χ2v) is 0.519. The third kappa shape index (κ3) is 78.5. The molecule has 0 spiro atoms. The van der Waals surface area contributed by atoms with Crippen LogP contribution in [-0.4, -0.2) is 16.6 Å². The van der Waals surface area contributed by atoms with Crippen molar-refractivity contribution in [1.29, 1.82) is 0 Å². The molecule has 0 aromatic rings. The minimum atomic E-state index is -0.833. The van der Waals surface area contributed by atoms with Crippen molar-refractivity contribution in [2.75, 3.05) is 0 Å². The number of carboxylic acids is 1. The average molecular weight is 230 g/mol. The van der Waals surface area contributed by atoms with Gasteiger partial charge in [-0.15, -0.1) is 0 Å². The average Bonchev–Trinajstić information content (AvgIpc) is 0.811. The summed E-state index contributed by atoms with van der Waals surface area (Å²) in [4.78, 5) is 9.00. The Balaban J connectivity index is -0.0000000450. The van der Waals surface area contributed by atoms with Crippen LogP contribution < -0.4 is 0 Å². The molecular formula is C2H6EuO3. The summed E-state index contributed by atoms with van der Waals surface area (Å²) in [5.74, 6) is -0.833. The molecule has 0 atom stereocenters. The largest absolute Gasteiger partial charge is 0.481 e. The van der Waals surface area contributed by atoms with Crippen molar-refractivity contribution < 1.29 is 64.8 Å². The van der Waals surface area contributed by atoms with E-state index in [2.05, 4.69) is 0 Å². The van der Waals surface area contributed by atoms with Crippen LogP contribution in [0.25, 0.3) is 0 Å². The number of hydrogen-bond acceptors (Lipinski definition) is 1. The van der Waals surface area contributed by atoms with Crippen LogP contribution in [0.2, 0.25) is 0 Å². The Hall–Kier alpha value is 1.01. The molecule has 0 unspecified atom stereocenters. The standard InChI is InChI=1S/C2H4O2.Eu.H2O/c1-2(3)4;;/h1H3,(H,3,4);;1H2. The minimum Gasteiger partial charge on any atom is -0.481 e. The van der Waals surface area contributed by atoms with Gasteiger partial charge in [0.15, 0.2) is 0 Å². The first-order chi connectivity index (χ1) is 1.73. The Morgan fingerprint density at radius 1 is 1.67 bits per heavy atom. The fourth-order valence-electron chi connectivity index (χ4n) is 0. The summed E-state index contributed by atoms with van der Waals surface area (Å²) < 4.78 is 0. The Morgan fingerprint density at radius 2 is 1.67 bits per heavy atom. The maximum Gasteiger partial charge on any atom is 0.300 e. The van der Waals surface area contributed by atoms with Crippen LogP contribution in [0.3, 0.4) is 0 Å². The van der Waals surface area contributed by atoms with Gasteiger partial charge in [-0.05, 0) is 0 Å². The van der Waals surface area contributed by atoms with Crippen LogP contribution in [-0.2, 0) is 4.79 Å². The van der Waals surface area contributed by atoms with Crippen molar-refractivity contribution in [2.45, 2.75) is 6.92 Å². The quantitative estimate of drug-likeness (QED) is 0.595. The van der Waals surface area contributed by atoms with E-state index in [0.29, 0.717) is 0 Å². The van der Waals surface area contributed by atoms with Gasteiger partial charge in [-0.3, -0.25) is 4.79 Å². The van der Waals surface area contributed by atoms with E-state index in [-0.39, 0.29) is 54.9 Å². The molecule has 4 heteroatoms. The number of hydrogen-bond donors (Lipinski definition) is 1. The van der Waals surface area contributed by atoms with Gasteiger partial charge in [0.05, 0.1) is 0 Å². The molecule has 0 fully saturated rings. The van der Waals surface area contributed by atoms with E-state index < -0.39 is 5.97 Å². The molecule has 0 amide bonds. The molecule has 0 aromatic carbocycles. The molecular weight excluding hydrogens is 224 g/mol. The van der Waals surface area contributed by atoms with E-state index in [1.165, 1.54) is 0 Å². The van der Waals surface area contributed by atoms with E-state index in [1.54, 1.807) is 0 Å². The SMILES string of the molecule is CC(=O)O.O.[Eu]. The van der Waals surface area contributed by atoms with Crippen LogP contribution in [0.1, 0.15) is 6.92 Å². The first-order valence-electron chi connectivity index (χ1n) is 0.928. The Morgan fingerprint density at radius 3 is 1.67 bits per heavy atom. The molecule has 0 rings (SSSR count). The summed E-state index contributed by atoms with van der Waals surface area (Å²) in [5.41, 5.74) is 0. The van der Waals surface area contributed by atoms with Gasteiger partial charge in [0.1, 0.15) is 0 Å². The smallest absolute Gasteiger partial charge is 0.300 e. The molecule has 6 heavy (non-hydrogen) atoms. The van der Waals surface area contributed by atoms with Crippen LogP contribution in [0.4, 0.5) is 0 Å². The number of carbonyl (C=O) groups is 1. The number of carboxylic acid groups (broad SMARTS) is 1. The maximum absolute atomic E-state index is 9.00. The van der Waals surface area contributed by atoms with Gasteiger partial charge in [-0.25, -0.2) is 0 Å². The Kier molecular flexibility index (Phi) is 24.6. The molecule has 3 N–H and O–H groups in total. The number of rotatable bonds is 0. The normalized spacial score (nSPS) is 4.17. The monoisotopic (exact) mass is 231 g/mol. The second kappa shape index (κ2) is 9.38. The molecule has 0 heterocycles. The van der Waals surface area contributed by atoms with Crippen molar-refractivity contribution in [3.63, 3.8) is 0 Å². The Labute approximate surface area is 76.6 Å². The molecule has 0 bridgehead atoms. The van der Waals surface area contributed by atoms with Gasteiger partial charge < -0.3 is 10.6 Å². The van der Waals surface area contributed by atoms with E-state index >= 15 is 0 Å². The van der Waals surface area contributed by atoms with Crippen molar-refractivity contribution in [3.05, 3.63) is 0 Å². The minimum absolute atomic E-state index is 0. The molecule has 0 saturated heterocycles. The zero-order chi connectivity index (χ0) is 3.58. The summed E-state index contributed by atoms with van der Waals surface area (Å²) in [7, 11) is 0. The van der Waals surface area contributed by atoms with Gasteiger partial charge >= 0.3 is 0 Å². The summed E-state index contributed by atoms with van der Waals surface area (Å²) in [6.45, 7) is 1.08. The molecule has 0 aliphatic heterocycles. The van der Waals surface area contributed by atoms with Gasteiger partial charge in [-0.1, -0.05) is 0 Å². The predicted octanol–water partition coefficient (Wildman–Crippen LogP) is -0.734. The van der Waals surface area contributed by atoms with Crippen LogP contribution in [0.5, 0.6) is 0 Å². The predicted molar refractivity (Wildman–Crippen MR) is 16.9 cm³/mol. The van der Waals surface area contributed by atoms with Crippen LogP contribution in [0, 0.1) is 49.4 Å². The van der Waals surface area contributed by atoms with Gasteiger partial charge in [-0.2, -0.15) is 0 Å². The van der Waals surface area contributed by atoms with Crippen molar-refractivity contribution in [3.8, 4) is 0 Å². The molecule has 39 valence electrons. The topological polar surface area (TPSA) is 68.8 Å². The van der Waals surface area contributed by atoms with Crippen LogP contribution in [0.15, 0.2) is 0 Å². The molecule has 0 aromatic heterocycles. The summed E-state index contributed by atoms with van der Waals surface area (Å²) >= 11 is 0. The molecule has 1 radical (unpaired) electrons. The van der Waals surface area contributed by atoms with E-state index in [1.807, 2.05) is 0 Å². The summed E-state index contributed by atoms with van der Waals surface area (Å²) in [6.07, 6.45) is 0. The molecule has 0 aliphatic carbocycles. The zero-order valence-corrected chi connectivity index (χ0v) is 5.66. The first kappa shape index (κ1) is 15.7. The molecule has 0 saturated carbocycles. The Bertz CT molecular complexity index is 31.8. The fraction of sp³-hybridized carbons (Fsp3) is 0.500. The second-order valence-electron chi connectivity index (χ2n) is 0.519. The van der Waals surface area contributed by atoms with Crippen molar-refractivity contribution >= 4 is 5.97 Å². The summed E-state index contributed by atoms with van der Waals surface area (Å²) in [6, 6.07) is 0. The fourth-order valence-corrected chi connectivity index (χ4v) is 0. The zero-order valence-electron chi connectivity index (χ0n) is 3.23. The van der Waals surface area contributed by atoms with Gasteiger partial charge in [0, 0.05) is 56.3 Å². The van der Waals surface area contributed by atoms with Crippen molar-refractivity contribution in [1.82, 2.24) is 0 Å².